The van der Waals surface area contributed by atoms with Crippen LogP contribution in [-0.2, 0) is 14.3 Å². The smallest absolute Gasteiger partial charge is 0.194 e. The van der Waals surface area contributed by atoms with Crippen molar-refractivity contribution in [2.45, 2.75) is 56.8 Å². The lowest BCUT2D eigenvalue weighted by Gasteiger charge is -2.38. The molecule has 11 heteroatoms. The van der Waals surface area contributed by atoms with Crippen LogP contribution in [0, 0.1) is 9.75 Å². The van der Waals surface area contributed by atoms with Gasteiger partial charge in [-0.1, -0.05) is 25.4 Å². The van der Waals surface area contributed by atoms with Crippen molar-refractivity contribution in [2.75, 3.05) is 0 Å². The highest BCUT2D eigenvalue weighted by Crippen LogP contribution is 2.53. The number of aliphatic hydroxyl groups is 1. The van der Waals surface area contributed by atoms with Gasteiger partial charge in [-0.15, -0.1) is 0 Å². The summed E-state index contributed by atoms with van der Waals surface area (Å²) in [6, 6.07) is 0. The summed E-state index contributed by atoms with van der Waals surface area (Å²) in [4.78, 5) is 37.9. The van der Waals surface area contributed by atoms with Gasteiger partial charge in [0.15, 0.2) is 42.8 Å². The van der Waals surface area contributed by atoms with E-state index in [0.717, 1.165) is 0 Å². The maximum Gasteiger partial charge on any atom is 0.194 e. The number of carbonyl (C=O) groups excluding carboxylic acids is 2. The summed E-state index contributed by atoms with van der Waals surface area (Å²) in [5.74, 6) is -0.976. The largest absolute Gasteiger partial charge is 0.377 e. The van der Waals surface area contributed by atoms with Crippen LogP contribution in [0.5, 0.6) is 0 Å². The number of thiol groups is 1. The molecule has 2 aromatic heterocycles. The number of hydrogen-bond acceptors (Lipinski definition) is 8. The highest BCUT2D eigenvalue weighted by atomic mass is 127. The van der Waals surface area contributed by atoms with Gasteiger partial charge in [0.05, 0.1) is 12.4 Å². The number of imidazole rings is 1. The van der Waals surface area contributed by atoms with E-state index in [-0.39, 0.29) is 11.1 Å². The molecule has 0 radical (unpaired) electrons. The molecule has 152 valence electrons. The zero-order valence-electron chi connectivity index (χ0n) is 15.7. The first kappa shape index (κ1) is 21.9. The Kier molecular flexibility index (Phi) is 5.83. The summed E-state index contributed by atoms with van der Waals surface area (Å²) in [6.07, 6.45) is -0.275. The zero-order chi connectivity index (χ0) is 21.0. The Bertz CT molecular complexity index is 970. The second-order valence-electron chi connectivity index (χ2n) is 7.36. The van der Waals surface area contributed by atoms with Gasteiger partial charge in [-0.2, -0.15) is 12.6 Å². The third-order valence-corrected chi connectivity index (χ3v) is 6.68. The minimum atomic E-state index is -2.11. The summed E-state index contributed by atoms with van der Waals surface area (Å²) in [5.41, 5.74) is -1.47. The first-order chi connectivity index (χ1) is 12.9. The molecule has 0 amide bonds. The zero-order valence-corrected chi connectivity index (χ0v) is 19.5. The van der Waals surface area contributed by atoms with Gasteiger partial charge in [-0.05, 0) is 26.2 Å². The van der Waals surface area contributed by atoms with Crippen LogP contribution >= 0.6 is 46.8 Å². The molecule has 0 spiro atoms. The second kappa shape index (κ2) is 7.46. The summed E-state index contributed by atoms with van der Waals surface area (Å²) >= 11 is 12.6. The summed E-state index contributed by atoms with van der Waals surface area (Å²) < 4.78 is 6.13. The topological polar surface area (TPSA) is 107 Å². The molecule has 0 aromatic carbocycles. The molecule has 1 fully saturated rings. The fraction of sp³-hybridized carbons (Fsp3) is 0.588. The van der Waals surface area contributed by atoms with Gasteiger partial charge in [0.2, 0.25) is 0 Å². The number of ketones is 2. The van der Waals surface area contributed by atoms with E-state index in [1.807, 2.05) is 36.4 Å². The van der Waals surface area contributed by atoms with Crippen LogP contribution in [0.3, 0.4) is 0 Å². The third kappa shape index (κ3) is 3.08. The van der Waals surface area contributed by atoms with Crippen LogP contribution in [0.4, 0.5) is 0 Å². The Hall–Kier alpha value is -0.820. The fourth-order valence-corrected chi connectivity index (χ4v) is 4.99. The summed E-state index contributed by atoms with van der Waals surface area (Å²) in [7, 11) is 0. The van der Waals surface area contributed by atoms with Gasteiger partial charge in [0, 0.05) is 22.6 Å². The SMILES string of the molecule is CC(=O)[C@@]1(O)[C@@H](CC(C)C)O[C@@H](n2cnc3c(Cl)nc(I)nc32)[C@@]1(S)C(C)=O. The van der Waals surface area contributed by atoms with E-state index >= 15 is 0 Å². The predicted molar refractivity (Wildman–Crippen MR) is 114 cm³/mol. The predicted octanol–water partition coefficient (Wildman–Crippen LogP) is 2.61. The molecule has 1 N–H and O–H groups in total. The van der Waals surface area contributed by atoms with Crippen LogP contribution in [0.1, 0.15) is 40.3 Å². The second-order valence-corrected chi connectivity index (χ2v) is 9.39. The van der Waals surface area contributed by atoms with Crippen molar-refractivity contribution in [3.63, 3.8) is 0 Å². The van der Waals surface area contributed by atoms with Crippen molar-refractivity contribution in [1.29, 1.82) is 0 Å². The monoisotopic (exact) mass is 538 g/mol. The van der Waals surface area contributed by atoms with Crippen molar-refractivity contribution < 1.29 is 19.4 Å². The molecule has 0 saturated carbocycles. The first-order valence-corrected chi connectivity index (χ1v) is 10.5. The van der Waals surface area contributed by atoms with Crippen molar-refractivity contribution in [3.8, 4) is 0 Å². The molecule has 3 heterocycles. The van der Waals surface area contributed by atoms with Gasteiger partial charge >= 0.3 is 0 Å². The lowest BCUT2D eigenvalue weighted by molar-refractivity contribution is -0.147. The number of ether oxygens (including phenoxy) is 1. The first-order valence-electron chi connectivity index (χ1n) is 8.62. The number of carbonyl (C=O) groups is 2. The number of rotatable bonds is 5. The number of fused-ring (bicyclic) bond motifs is 1. The van der Waals surface area contributed by atoms with Gasteiger partial charge in [0.25, 0.3) is 0 Å². The van der Waals surface area contributed by atoms with Crippen LogP contribution in [0.2, 0.25) is 5.15 Å². The van der Waals surface area contributed by atoms with E-state index < -0.39 is 34.2 Å². The summed E-state index contributed by atoms with van der Waals surface area (Å²) in [5, 5.41) is 11.6. The van der Waals surface area contributed by atoms with Crippen molar-refractivity contribution in [3.05, 3.63) is 15.3 Å². The molecule has 1 aliphatic rings. The maximum atomic E-state index is 12.7. The molecular weight excluding hydrogens is 519 g/mol. The molecule has 2 aromatic rings. The van der Waals surface area contributed by atoms with Gasteiger partial charge in [0.1, 0.15) is 5.52 Å². The Morgan fingerprint density at radius 2 is 2.04 bits per heavy atom. The van der Waals surface area contributed by atoms with Crippen molar-refractivity contribution in [1.82, 2.24) is 19.5 Å². The molecule has 0 aliphatic carbocycles. The normalized spacial score (nSPS) is 30.3. The third-order valence-electron chi connectivity index (χ3n) is 5.06. The van der Waals surface area contributed by atoms with Crippen LogP contribution in [0.25, 0.3) is 11.2 Å². The van der Waals surface area contributed by atoms with Gasteiger partial charge in [-0.3, -0.25) is 14.2 Å². The highest BCUT2D eigenvalue weighted by molar-refractivity contribution is 14.1. The van der Waals surface area contributed by atoms with Crippen molar-refractivity contribution in [2.24, 2.45) is 5.92 Å². The maximum absolute atomic E-state index is 12.7. The molecular formula is C17H20ClIN4O4S. The van der Waals surface area contributed by atoms with Gasteiger partial charge < -0.3 is 9.84 Å². The number of Topliss-reactive ketones (excluding diaryl/α,β-unsaturated/α-hetero) is 2. The molecule has 1 saturated heterocycles. The lowest BCUT2D eigenvalue weighted by atomic mass is 9.76. The molecule has 3 rings (SSSR count). The standard InChI is InChI=1S/C17H20ClIN4O4S/c1-7(2)5-10-16(26,8(3)24)17(28,9(4)25)14(27-10)23-6-20-11-12(18)21-15(19)22-13(11)23/h6-7,10,14,26,28H,5H2,1-4H3/t10-,14-,16-,17+/m1/s1. The molecule has 4 atom stereocenters. The van der Waals surface area contributed by atoms with E-state index in [0.29, 0.717) is 21.4 Å². The van der Waals surface area contributed by atoms with Crippen LogP contribution < -0.4 is 0 Å². The van der Waals surface area contributed by atoms with Crippen molar-refractivity contribution >= 4 is 69.6 Å². The lowest BCUT2D eigenvalue weighted by Crippen LogP contribution is -2.62. The minimum Gasteiger partial charge on any atom is -0.377 e. The Labute approximate surface area is 186 Å². The van der Waals surface area contributed by atoms with E-state index in [1.165, 1.54) is 24.7 Å². The molecule has 0 unspecified atom stereocenters. The Balaban J connectivity index is 2.26. The van der Waals surface area contributed by atoms with E-state index in [4.69, 9.17) is 16.3 Å². The average molecular weight is 539 g/mol. The molecule has 0 bridgehead atoms. The quantitative estimate of drug-likeness (QED) is 0.261. The summed E-state index contributed by atoms with van der Waals surface area (Å²) in [6.45, 7) is 6.39. The molecule has 28 heavy (non-hydrogen) atoms. The number of halogens is 2. The van der Waals surface area contributed by atoms with E-state index in [9.17, 15) is 14.7 Å². The molecule has 8 nitrogen and oxygen atoms in total. The fourth-order valence-electron chi connectivity index (χ4n) is 3.67. The van der Waals surface area contributed by atoms with Crippen LogP contribution in [0.15, 0.2) is 6.33 Å². The Morgan fingerprint density at radius 3 is 2.57 bits per heavy atom. The number of nitrogens with zero attached hydrogens (tertiary/aromatic N) is 4. The Morgan fingerprint density at radius 1 is 1.39 bits per heavy atom. The number of aromatic nitrogens is 4. The van der Waals surface area contributed by atoms with Gasteiger partial charge in [-0.25, -0.2) is 15.0 Å². The van der Waals surface area contributed by atoms with E-state index in [2.05, 4.69) is 27.6 Å². The van der Waals surface area contributed by atoms with Crippen LogP contribution in [-0.4, -0.2) is 52.6 Å². The average Bonchev–Trinajstić information content (AvgIpc) is 3.08. The molecule has 1 aliphatic heterocycles. The minimum absolute atomic E-state index is 0.108. The van der Waals surface area contributed by atoms with E-state index in [1.54, 1.807) is 0 Å². The highest BCUT2D eigenvalue weighted by Gasteiger charge is 2.70. The number of hydrogen-bond donors (Lipinski definition) is 2.